The summed E-state index contributed by atoms with van der Waals surface area (Å²) in [6.45, 7) is 2.11. The van der Waals surface area contributed by atoms with Gasteiger partial charge in [-0.25, -0.2) is 0 Å². The fourth-order valence-electron chi connectivity index (χ4n) is 1.81. The highest BCUT2D eigenvalue weighted by Gasteiger charge is 2.00. The molecule has 4 nitrogen and oxygen atoms in total. The van der Waals surface area contributed by atoms with E-state index in [0.29, 0.717) is 11.5 Å². The van der Waals surface area contributed by atoms with Crippen LogP contribution in [0.15, 0.2) is 42.5 Å². The van der Waals surface area contributed by atoms with Crippen molar-refractivity contribution in [3.8, 4) is 23.0 Å². The summed E-state index contributed by atoms with van der Waals surface area (Å²) in [6, 6.07) is 12.4. The molecule has 0 aromatic heterocycles. The van der Waals surface area contributed by atoms with E-state index in [0.717, 1.165) is 18.4 Å². The van der Waals surface area contributed by atoms with Crippen LogP contribution in [0.4, 0.5) is 0 Å². The fourth-order valence-corrected chi connectivity index (χ4v) is 1.81. The first kappa shape index (κ1) is 16.7. The van der Waals surface area contributed by atoms with Crippen molar-refractivity contribution in [1.29, 1.82) is 0 Å². The maximum atomic E-state index is 9.39. The standard InChI is InChI=1S/C10H14O2.C7H8O2/c1-3-4-8-5-6-10(12-2)9(11)7-8;1-9-7-5-3-2-4-6(7)8/h5-7,11H,3-4H2,1-2H3;2-5,8H,1H3. The van der Waals surface area contributed by atoms with Gasteiger partial charge in [0.2, 0.25) is 0 Å². The summed E-state index contributed by atoms with van der Waals surface area (Å²) >= 11 is 0. The molecule has 114 valence electrons. The van der Waals surface area contributed by atoms with Crippen LogP contribution in [-0.4, -0.2) is 24.4 Å². The maximum Gasteiger partial charge on any atom is 0.160 e. The highest BCUT2D eigenvalue weighted by molar-refractivity contribution is 5.41. The fraction of sp³-hybridized carbons (Fsp3) is 0.294. The SMILES string of the molecule is CCCc1ccc(OC)c(O)c1.COc1ccccc1O. The lowest BCUT2D eigenvalue weighted by Gasteiger charge is -2.04. The first-order chi connectivity index (χ1) is 10.1. The molecule has 0 aliphatic rings. The Morgan fingerprint density at radius 1 is 0.857 bits per heavy atom. The number of para-hydroxylation sites is 2. The molecule has 2 aromatic carbocycles. The molecule has 4 heteroatoms. The second kappa shape index (κ2) is 8.74. The van der Waals surface area contributed by atoms with Crippen LogP contribution in [0.5, 0.6) is 23.0 Å². The van der Waals surface area contributed by atoms with Crippen LogP contribution >= 0.6 is 0 Å². The van der Waals surface area contributed by atoms with Crippen molar-refractivity contribution in [2.75, 3.05) is 14.2 Å². The lowest BCUT2D eigenvalue weighted by Crippen LogP contribution is -1.86. The van der Waals surface area contributed by atoms with Gasteiger partial charge in [-0.15, -0.1) is 0 Å². The third-order valence-corrected chi connectivity index (χ3v) is 2.87. The predicted molar refractivity (Wildman–Crippen MR) is 83.3 cm³/mol. The molecule has 2 N–H and O–H groups in total. The molecule has 0 atom stereocenters. The molecule has 0 amide bonds. The Kier molecular flexibility index (Phi) is 6.95. The molecule has 0 saturated heterocycles. The van der Waals surface area contributed by atoms with E-state index in [1.807, 2.05) is 6.07 Å². The maximum absolute atomic E-state index is 9.39. The Balaban J connectivity index is 0.000000219. The van der Waals surface area contributed by atoms with E-state index < -0.39 is 0 Å². The average molecular weight is 290 g/mol. The van der Waals surface area contributed by atoms with Gasteiger partial charge < -0.3 is 19.7 Å². The van der Waals surface area contributed by atoms with E-state index in [1.165, 1.54) is 7.11 Å². The van der Waals surface area contributed by atoms with E-state index in [-0.39, 0.29) is 11.5 Å². The number of ether oxygens (including phenoxy) is 2. The van der Waals surface area contributed by atoms with Crippen LogP contribution in [0.3, 0.4) is 0 Å². The molecular weight excluding hydrogens is 268 g/mol. The minimum absolute atomic E-state index is 0.181. The van der Waals surface area contributed by atoms with Gasteiger partial charge in [-0.3, -0.25) is 0 Å². The summed E-state index contributed by atoms with van der Waals surface area (Å²) in [6.07, 6.45) is 2.09. The molecule has 0 spiro atoms. The molecule has 0 bridgehead atoms. The van der Waals surface area contributed by atoms with Gasteiger partial charge in [0.15, 0.2) is 23.0 Å². The number of aromatic hydroxyl groups is 2. The van der Waals surface area contributed by atoms with E-state index in [4.69, 9.17) is 14.6 Å². The summed E-state index contributed by atoms with van der Waals surface area (Å²) in [4.78, 5) is 0. The normalized spacial score (nSPS) is 9.48. The smallest absolute Gasteiger partial charge is 0.160 e. The molecule has 2 aromatic rings. The molecule has 2 rings (SSSR count). The monoisotopic (exact) mass is 290 g/mol. The summed E-state index contributed by atoms with van der Waals surface area (Å²) in [5.41, 5.74) is 1.15. The average Bonchev–Trinajstić information content (AvgIpc) is 2.49. The molecule has 0 aliphatic carbocycles. The van der Waals surface area contributed by atoms with E-state index in [2.05, 4.69) is 6.92 Å². The Hall–Kier alpha value is -2.36. The van der Waals surface area contributed by atoms with Crippen molar-refractivity contribution in [1.82, 2.24) is 0 Å². The Morgan fingerprint density at radius 2 is 1.48 bits per heavy atom. The molecule has 0 aliphatic heterocycles. The molecule has 0 fully saturated rings. The molecular formula is C17H22O4. The zero-order chi connectivity index (χ0) is 15.7. The minimum atomic E-state index is 0.181. The van der Waals surface area contributed by atoms with Crippen LogP contribution in [0.1, 0.15) is 18.9 Å². The molecule has 0 radical (unpaired) electrons. The van der Waals surface area contributed by atoms with E-state index in [9.17, 15) is 5.11 Å². The largest absolute Gasteiger partial charge is 0.504 e. The third-order valence-electron chi connectivity index (χ3n) is 2.87. The number of rotatable bonds is 4. The van der Waals surface area contributed by atoms with Crippen LogP contribution in [0, 0.1) is 0 Å². The predicted octanol–water partition coefficient (Wildman–Crippen LogP) is 3.75. The number of hydrogen-bond acceptors (Lipinski definition) is 4. The molecule has 21 heavy (non-hydrogen) atoms. The number of phenols is 2. The number of hydrogen-bond donors (Lipinski definition) is 2. The lowest BCUT2D eigenvalue weighted by atomic mass is 10.1. The number of benzene rings is 2. The first-order valence-electron chi connectivity index (χ1n) is 6.80. The lowest BCUT2D eigenvalue weighted by molar-refractivity contribution is 0.373. The molecule has 0 unspecified atom stereocenters. The highest BCUT2D eigenvalue weighted by Crippen LogP contribution is 2.26. The quantitative estimate of drug-likeness (QED) is 0.900. The van der Waals surface area contributed by atoms with Gasteiger partial charge in [0.25, 0.3) is 0 Å². The third kappa shape index (κ3) is 5.26. The van der Waals surface area contributed by atoms with Crippen molar-refractivity contribution >= 4 is 0 Å². The van der Waals surface area contributed by atoms with Crippen molar-refractivity contribution in [3.63, 3.8) is 0 Å². The van der Waals surface area contributed by atoms with E-state index >= 15 is 0 Å². The summed E-state index contributed by atoms with van der Waals surface area (Å²) in [7, 11) is 3.07. The summed E-state index contributed by atoms with van der Waals surface area (Å²) in [5.74, 6) is 1.45. The van der Waals surface area contributed by atoms with Gasteiger partial charge in [-0.05, 0) is 36.2 Å². The van der Waals surface area contributed by atoms with Gasteiger partial charge in [-0.1, -0.05) is 31.5 Å². The summed E-state index contributed by atoms with van der Waals surface area (Å²) < 4.78 is 9.72. The van der Waals surface area contributed by atoms with Crippen LogP contribution in [-0.2, 0) is 6.42 Å². The van der Waals surface area contributed by atoms with Crippen molar-refractivity contribution in [2.45, 2.75) is 19.8 Å². The first-order valence-corrected chi connectivity index (χ1v) is 6.80. The summed E-state index contributed by atoms with van der Waals surface area (Å²) in [5, 5.41) is 18.4. The number of phenolic OH excluding ortho intramolecular Hbond substituents is 2. The Bertz CT molecular complexity index is 552. The van der Waals surface area contributed by atoms with Crippen molar-refractivity contribution in [3.05, 3.63) is 48.0 Å². The van der Waals surface area contributed by atoms with Gasteiger partial charge in [-0.2, -0.15) is 0 Å². The molecule has 0 saturated carbocycles. The van der Waals surface area contributed by atoms with Crippen LogP contribution in [0.25, 0.3) is 0 Å². The van der Waals surface area contributed by atoms with Gasteiger partial charge in [0.1, 0.15) is 0 Å². The zero-order valence-corrected chi connectivity index (χ0v) is 12.7. The molecule has 0 heterocycles. The second-order valence-corrected chi connectivity index (χ2v) is 4.43. The number of aryl methyl sites for hydroxylation is 1. The second-order valence-electron chi connectivity index (χ2n) is 4.43. The topological polar surface area (TPSA) is 58.9 Å². The van der Waals surface area contributed by atoms with Gasteiger partial charge >= 0.3 is 0 Å². The Morgan fingerprint density at radius 3 is 1.95 bits per heavy atom. The zero-order valence-electron chi connectivity index (χ0n) is 12.7. The van der Waals surface area contributed by atoms with Gasteiger partial charge in [0.05, 0.1) is 14.2 Å². The van der Waals surface area contributed by atoms with Crippen LogP contribution < -0.4 is 9.47 Å². The number of methoxy groups -OCH3 is 2. The van der Waals surface area contributed by atoms with Gasteiger partial charge in [0, 0.05) is 0 Å². The minimum Gasteiger partial charge on any atom is -0.504 e. The Labute approximate surface area is 125 Å². The highest BCUT2D eigenvalue weighted by atomic mass is 16.5. The van der Waals surface area contributed by atoms with Crippen molar-refractivity contribution in [2.24, 2.45) is 0 Å². The van der Waals surface area contributed by atoms with Crippen LogP contribution in [0.2, 0.25) is 0 Å². The van der Waals surface area contributed by atoms with Crippen molar-refractivity contribution < 1.29 is 19.7 Å². The van der Waals surface area contributed by atoms with E-state index in [1.54, 1.807) is 43.5 Å².